The Labute approximate surface area is 144 Å². The first-order valence-electron chi connectivity index (χ1n) is 7.78. The zero-order valence-electron chi connectivity index (χ0n) is 13.3. The van der Waals surface area contributed by atoms with Gasteiger partial charge in [-0.3, -0.25) is 14.9 Å². The highest BCUT2D eigenvalue weighted by molar-refractivity contribution is 6.07. The topological polar surface area (TPSA) is 94.9 Å². The number of benzene rings is 2. The molecule has 0 fully saturated rings. The number of aliphatic imine (C=N–C) groups is 1. The number of hydrazone groups is 1. The van der Waals surface area contributed by atoms with Crippen molar-refractivity contribution in [2.75, 3.05) is 5.32 Å². The summed E-state index contributed by atoms with van der Waals surface area (Å²) in [5.74, 6) is -0.376. The number of carbonyl (C=O) groups is 2. The molecule has 3 N–H and O–H groups in total. The van der Waals surface area contributed by atoms with Gasteiger partial charge >= 0.3 is 0 Å². The molecule has 0 aromatic heterocycles. The summed E-state index contributed by atoms with van der Waals surface area (Å²) >= 11 is 0. The first-order chi connectivity index (χ1) is 12.2. The number of hydrogen-bond acceptors (Lipinski definition) is 5. The van der Waals surface area contributed by atoms with Crippen LogP contribution in [0.1, 0.15) is 12.0 Å². The maximum absolute atomic E-state index is 12.0. The van der Waals surface area contributed by atoms with E-state index in [-0.39, 0.29) is 24.2 Å². The van der Waals surface area contributed by atoms with Crippen LogP contribution in [0.4, 0.5) is 5.69 Å². The van der Waals surface area contributed by atoms with Crippen LogP contribution in [0.2, 0.25) is 0 Å². The monoisotopic (exact) mass is 335 g/mol. The predicted octanol–water partition coefficient (Wildman–Crippen LogP) is 1.49. The lowest BCUT2D eigenvalue weighted by Crippen LogP contribution is -2.35. The molecule has 0 saturated carbocycles. The quantitative estimate of drug-likeness (QED) is 0.571. The number of hydrogen-bond donors (Lipinski definition) is 3. The van der Waals surface area contributed by atoms with Crippen LogP contribution in [-0.2, 0) is 9.59 Å². The van der Waals surface area contributed by atoms with E-state index >= 15 is 0 Å². The molecule has 2 aromatic rings. The molecule has 0 aliphatic carbocycles. The summed E-state index contributed by atoms with van der Waals surface area (Å²) in [6.07, 6.45) is 1.58. The van der Waals surface area contributed by atoms with Crippen LogP contribution in [0.5, 0.6) is 0 Å². The molecule has 1 heterocycles. The molecule has 1 atom stereocenters. The average Bonchev–Trinajstić information content (AvgIpc) is 2.96. The minimum absolute atomic E-state index is 0.0334. The molecule has 1 unspecified atom stereocenters. The summed E-state index contributed by atoms with van der Waals surface area (Å²) in [6, 6.07) is 17.8. The molecule has 3 rings (SSSR count). The molecule has 7 heteroatoms. The molecule has 1 aliphatic heterocycles. The standard InChI is InChI=1S/C18H17N5O2/c24-16(20-14-9-5-2-6-10-14)11-15-17(25)22-18(21-15)23-19-12-13-7-3-1-4-8-13/h1-10,12,15H,11H2,(H,20,24)(H2,21,22,23,25). The third-order valence-electron chi connectivity index (χ3n) is 3.45. The van der Waals surface area contributed by atoms with Gasteiger partial charge in [0, 0.05) is 5.69 Å². The summed E-state index contributed by atoms with van der Waals surface area (Å²) in [4.78, 5) is 28.1. The lowest BCUT2D eigenvalue weighted by molar-refractivity contribution is -0.123. The molecule has 0 radical (unpaired) electrons. The Kier molecular flexibility index (Phi) is 5.16. The summed E-state index contributed by atoms with van der Waals surface area (Å²) < 4.78 is 0. The van der Waals surface area contributed by atoms with Gasteiger partial charge in [0.1, 0.15) is 6.04 Å². The summed E-state index contributed by atoms with van der Waals surface area (Å²) in [5, 5.41) is 9.31. The molecular weight excluding hydrogens is 318 g/mol. The Bertz CT molecular complexity index is 803. The van der Waals surface area contributed by atoms with Crippen molar-refractivity contribution in [2.45, 2.75) is 12.5 Å². The van der Waals surface area contributed by atoms with Gasteiger partial charge in [-0.05, 0) is 17.7 Å². The molecule has 0 spiro atoms. The number of nitrogens with one attached hydrogen (secondary N) is 3. The van der Waals surface area contributed by atoms with E-state index in [0.29, 0.717) is 5.69 Å². The lowest BCUT2D eigenvalue weighted by atomic mass is 10.2. The fraction of sp³-hybridized carbons (Fsp3) is 0.111. The highest BCUT2D eigenvalue weighted by Crippen LogP contribution is 2.09. The molecular formula is C18H17N5O2. The van der Waals surface area contributed by atoms with Crippen molar-refractivity contribution in [1.82, 2.24) is 10.7 Å². The Morgan fingerprint density at radius 2 is 1.80 bits per heavy atom. The van der Waals surface area contributed by atoms with E-state index in [0.717, 1.165) is 5.56 Å². The van der Waals surface area contributed by atoms with Gasteiger partial charge in [0.2, 0.25) is 11.9 Å². The molecule has 2 aromatic carbocycles. The molecule has 0 saturated heterocycles. The van der Waals surface area contributed by atoms with E-state index in [1.807, 2.05) is 48.5 Å². The predicted molar refractivity (Wildman–Crippen MR) is 96.2 cm³/mol. The van der Waals surface area contributed by atoms with Gasteiger partial charge in [0.15, 0.2) is 0 Å². The summed E-state index contributed by atoms with van der Waals surface area (Å²) in [6.45, 7) is 0. The van der Waals surface area contributed by atoms with Crippen molar-refractivity contribution in [3.63, 3.8) is 0 Å². The van der Waals surface area contributed by atoms with Gasteiger partial charge in [-0.2, -0.15) is 5.10 Å². The van der Waals surface area contributed by atoms with Crippen LogP contribution in [0.15, 0.2) is 70.8 Å². The lowest BCUT2D eigenvalue weighted by Gasteiger charge is -2.06. The van der Waals surface area contributed by atoms with E-state index < -0.39 is 6.04 Å². The highest BCUT2D eigenvalue weighted by atomic mass is 16.2. The van der Waals surface area contributed by atoms with Crippen LogP contribution in [0.25, 0.3) is 0 Å². The number of nitrogens with zero attached hydrogens (tertiary/aromatic N) is 2. The van der Waals surface area contributed by atoms with Crippen molar-refractivity contribution < 1.29 is 9.59 Å². The van der Waals surface area contributed by atoms with Crippen LogP contribution >= 0.6 is 0 Å². The molecule has 1 aliphatic rings. The van der Waals surface area contributed by atoms with E-state index in [9.17, 15) is 9.59 Å². The van der Waals surface area contributed by atoms with Crippen LogP contribution in [0, 0.1) is 0 Å². The zero-order valence-corrected chi connectivity index (χ0v) is 13.3. The van der Waals surface area contributed by atoms with Crippen LogP contribution < -0.4 is 16.1 Å². The van der Waals surface area contributed by atoms with Crippen molar-refractivity contribution in [3.05, 3.63) is 66.2 Å². The van der Waals surface area contributed by atoms with Crippen molar-refractivity contribution in [1.29, 1.82) is 0 Å². The Hall–Kier alpha value is -3.48. The fourth-order valence-electron chi connectivity index (χ4n) is 2.26. The molecule has 2 amide bonds. The van der Waals surface area contributed by atoms with E-state index in [1.165, 1.54) is 0 Å². The van der Waals surface area contributed by atoms with Crippen molar-refractivity contribution in [3.8, 4) is 0 Å². The average molecular weight is 335 g/mol. The minimum Gasteiger partial charge on any atom is -0.326 e. The summed E-state index contributed by atoms with van der Waals surface area (Å²) in [5.41, 5.74) is 4.27. The molecule has 25 heavy (non-hydrogen) atoms. The van der Waals surface area contributed by atoms with Crippen molar-refractivity contribution in [2.24, 2.45) is 10.1 Å². The zero-order chi connectivity index (χ0) is 17.5. The van der Waals surface area contributed by atoms with E-state index in [2.05, 4.69) is 26.2 Å². The van der Waals surface area contributed by atoms with Crippen LogP contribution in [-0.4, -0.2) is 30.0 Å². The van der Waals surface area contributed by atoms with Gasteiger partial charge in [0.05, 0.1) is 12.6 Å². The van der Waals surface area contributed by atoms with Crippen LogP contribution in [0.3, 0.4) is 0 Å². The SMILES string of the molecule is O=C(CC1N=C(NN=Cc2ccccc2)NC1=O)Nc1ccccc1. The second kappa shape index (κ2) is 7.87. The number of rotatable bonds is 5. The van der Waals surface area contributed by atoms with Gasteiger partial charge in [-0.1, -0.05) is 48.5 Å². The Morgan fingerprint density at radius 3 is 2.52 bits per heavy atom. The Balaban J connectivity index is 1.53. The normalized spacial score (nSPS) is 16.4. The third-order valence-corrected chi connectivity index (χ3v) is 3.45. The number of guanidine groups is 1. The third kappa shape index (κ3) is 4.74. The maximum atomic E-state index is 12.0. The van der Waals surface area contributed by atoms with Gasteiger partial charge in [-0.25, -0.2) is 10.4 Å². The van der Waals surface area contributed by atoms with E-state index in [4.69, 9.17) is 0 Å². The smallest absolute Gasteiger partial charge is 0.252 e. The highest BCUT2D eigenvalue weighted by Gasteiger charge is 2.28. The number of amides is 2. The maximum Gasteiger partial charge on any atom is 0.252 e. The van der Waals surface area contributed by atoms with Gasteiger partial charge < -0.3 is 5.32 Å². The van der Waals surface area contributed by atoms with Gasteiger partial charge in [0.25, 0.3) is 5.91 Å². The molecule has 126 valence electrons. The number of anilines is 1. The second-order valence-corrected chi connectivity index (χ2v) is 5.38. The number of para-hydroxylation sites is 1. The first-order valence-corrected chi connectivity index (χ1v) is 7.78. The summed E-state index contributed by atoms with van der Waals surface area (Å²) in [7, 11) is 0. The van der Waals surface area contributed by atoms with E-state index in [1.54, 1.807) is 18.3 Å². The first kappa shape index (κ1) is 16.4. The largest absolute Gasteiger partial charge is 0.326 e. The minimum atomic E-state index is -0.766. The second-order valence-electron chi connectivity index (χ2n) is 5.38. The molecule has 0 bridgehead atoms. The van der Waals surface area contributed by atoms with Crippen molar-refractivity contribution >= 4 is 29.7 Å². The fourth-order valence-corrected chi connectivity index (χ4v) is 2.26. The molecule has 7 nitrogen and oxygen atoms in total. The van der Waals surface area contributed by atoms with Gasteiger partial charge in [-0.15, -0.1) is 0 Å². The number of carbonyl (C=O) groups excluding carboxylic acids is 2. The Morgan fingerprint density at radius 1 is 1.12 bits per heavy atom.